The Morgan fingerprint density at radius 3 is 2.48 bits per heavy atom. The van der Waals surface area contributed by atoms with E-state index in [4.69, 9.17) is 11.6 Å². The highest BCUT2D eigenvalue weighted by molar-refractivity contribution is 7.22. The van der Waals surface area contributed by atoms with Gasteiger partial charge in [0, 0.05) is 38.8 Å². The third-order valence-electron chi connectivity index (χ3n) is 4.89. The molecule has 2 amide bonds. The minimum atomic E-state index is -0.109. The number of amides is 2. The van der Waals surface area contributed by atoms with Gasteiger partial charge in [0.2, 0.25) is 11.8 Å². The zero-order valence-corrected chi connectivity index (χ0v) is 17.6. The fraction of sp³-hybridized carbons (Fsp3) is 0.286. The molecule has 1 N–H and O–H groups in total. The predicted octanol–water partition coefficient (Wildman–Crippen LogP) is 3.80. The van der Waals surface area contributed by atoms with E-state index in [1.165, 1.54) is 6.92 Å². The van der Waals surface area contributed by atoms with Crippen molar-refractivity contribution in [3.8, 4) is 0 Å². The van der Waals surface area contributed by atoms with E-state index in [1.807, 2.05) is 47.4 Å². The van der Waals surface area contributed by atoms with Gasteiger partial charge in [-0.2, -0.15) is 0 Å². The van der Waals surface area contributed by atoms with Crippen LogP contribution in [-0.2, 0) is 16.0 Å². The summed E-state index contributed by atoms with van der Waals surface area (Å²) in [7, 11) is 0. The molecule has 2 aromatic carbocycles. The first kappa shape index (κ1) is 19.7. The van der Waals surface area contributed by atoms with Gasteiger partial charge in [0.25, 0.3) is 0 Å². The van der Waals surface area contributed by atoms with Crippen molar-refractivity contribution in [2.24, 2.45) is 0 Å². The summed E-state index contributed by atoms with van der Waals surface area (Å²) in [5.41, 5.74) is 2.51. The number of halogens is 1. The first-order valence-corrected chi connectivity index (χ1v) is 10.6. The average Bonchev–Trinajstić information content (AvgIpc) is 3.15. The standard InChI is InChI=1S/C21H21ClN4O2S/c1-14(27)23-16-7-5-15(6-8-16)13-19(28)25-9-11-26(12-10-25)21-24-20-17(22)3-2-4-18(20)29-21/h2-8H,9-13H2,1H3,(H,23,27). The molecule has 2 heterocycles. The third kappa shape index (κ3) is 4.52. The lowest BCUT2D eigenvalue weighted by molar-refractivity contribution is -0.130. The van der Waals surface area contributed by atoms with Crippen LogP contribution in [0.1, 0.15) is 12.5 Å². The van der Waals surface area contributed by atoms with Gasteiger partial charge in [0.1, 0.15) is 5.52 Å². The summed E-state index contributed by atoms with van der Waals surface area (Å²) in [4.78, 5) is 32.6. The number of carbonyl (C=O) groups excluding carboxylic acids is 2. The highest BCUT2D eigenvalue weighted by atomic mass is 35.5. The number of aromatic nitrogens is 1. The number of piperazine rings is 1. The van der Waals surface area contributed by atoms with Crippen LogP contribution in [0.2, 0.25) is 5.02 Å². The molecule has 4 rings (SSSR count). The monoisotopic (exact) mass is 428 g/mol. The van der Waals surface area contributed by atoms with Crippen LogP contribution in [0.15, 0.2) is 42.5 Å². The van der Waals surface area contributed by atoms with Crippen LogP contribution in [0, 0.1) is 0 Å². The molecule has 0 radical (unpaired) electrons. The lowest BCUT2D eigenvalue weighted by atomic mass is 10.1. The summed E-state index contributed by atoms with van der Waals surface area (Å²) in [6, 6.07) is 13.2. The molecule has 0 aliphatic carbocycles. The minimum Gasteiger partial charge on any atom is -0.345 e. The molecule has 1 aliphatic rings. The molecule has 0 atom stereocenters. The van der Waals surface area contributed by atoms with Gasteiger partial charge >= 0.3 is 0 Å². The van der Waals surface area contributed by atoms with E-state index >= 15 is 0 Å². The van der Waals surface area contributed by atoms with Crippen molar-refractivity contribution in [2.45, 2.75) is 13.3 Å². The van der Waals surface area contributed by atoms with Gasteiger partial charge in [-0.3, -0.25) is 9.59 Å². The molecule has 6 nitrogen and oxygen atoms in total. The molecule has 29 heavy (non-hydrogen) atoms. The molecule has 0 bridgehead atoms. The number of rotatable bonds is 4. The van der Waals surface area contributed by atoms with Crippen molar-refractivity contribution in [3.05, 3.63) is 53.1 Å². The zero-order chi connectivity index (χ0) is 20.4. The highest BCUT2D eigenvalue weighted by Gasteiger charge is 2.23. The second-order valence-corrected chi connectivity index (χ2v) is 8.42. The normalized spacial score (nSPS) is 14.3. The summed E-state index contributed by atoms with van der Waals surface area (Å²) in [6.45, 7) is 4.33. The Morgan fingerprint density at radius 1 is 1.10 bits per heavy atom. The van der Waals surface area contributed by atoms with Gasteiger partial charge < -0.3 is 15.1 Å². The summed E-state index contributed by atoms with van der Waals surface area (Å²) >= 11 is 7.87. The Hall–Kier alpha value is -2.64. The number of hydrogen-bond donors (Lipinski definition) is 1. The van der Waals surface area contributed by atoms with Crippen LogP contribution in [-0.4, -0.2) is 47.9 Å². The maximum atomic E-state index is 12.7. The predicted molar refractivity (Wildman–Crippen MR) is 118 cm³/mol. The molecule has 0 unspecified atom stereocenters. The molecule has 1 aromatic heterocycles. The largest absolute Gasteiger partial charge is 0.345 e. The number of fused-ring (bicyclic) bond motifs is 1. The van der Waals surface area contributed by atoms with Crippen LogP contribution in [0.25, 0.3) is 10.2 Å². The number of carbonyl (C=O) groups is 2. The Kier molecular flexibility index (Phi) is 5.69. The molecule has 8 heteroatoms. The van der Waals surface area contributed by atoms with Crippen molar-refractivity contribution >= 4 is 55.8 Å². The second-order valence-electron chi connectivity index (χ2n) is 7.01. The number of anilines is 2. The van der Waals surface area contributed by atoms with Gasteiger partial charge in [0.15, 0.2) is 5.13 Å². The van der Waals surface area contributed by atoms with Crippen LogP contribution < -0.4 is 10.2 Å². The molecule has 0 spiro atoms. The van der Waals surface area contributed by atoms with Gasteiger partial charge in [-0.1, -0.05) is 41.1 Å². The van der Waals surface area contributed by atoms with Gasteiger partial charge in [0.05, 0.1) is 16.1 Å². The smallest absolute Gasteiger partial charge is 0.227 e. The van der Waals surface area contributed by atoms with E-state index < -0.39 is 0 Å². The van der Waals surface area contributed by atoms with Crippen molar-refractivity contribution in [2.75, 3.05) is 36.4 Å². The molecular formula is C21H21ClN4O2S. The summed E-state index contributed by atoms with van der Waals surface area (Å²) < 4.78 is 1.08. The summed E-state index contributed by atoms with van der Waals surface area (Å²) in [6.07, 6.45) is 0.358. The minimum absolute atomic E-state index is 0.109. The van der Waals surface area contributed by atoms with E-state index in [2.05, 4.69) is 15.2 Å². The molecule has 3 aromatic rings. The van der Waals surface area contributed by atoms with E-state index in [9.17, 15) is 9.59 Å². The molecule has 150 valence electrons. The Balaban J connectivity index is 1.34. The number of thiazole rings is 1. The fourth-order valence-corrected chi connectivity index (χ4v) is 4.70. The van der Waals surface area contributed by atoms with Crippen LogP contribution >= 0.6 is 22.9 Å². The van der Waals surface area contributed by atoms with Crippen molar-refractivity contribution < 1.29 is 9.59 Å². The molecular weight excluding hydrogens is 408 g/mol. The fourth-order valence-electron chi connectivity index (χ4n) is 3.38. The van der Waals surface area contributed by atoms with Crippen LogP contribution in [0.4, 0.5) is 10.8 Å². The van der Waals surface area contributed by atoms with Crippen molar-refractivity contribution in [1.82, 2.24) is 9.88 Å². The third-order valence-corrected chi connectivity index (χ3v) is 6.28. The molecule has 1 saturated heterocycles. The number of para-hydroxylation sites is 1. The number of benzene rings is 2. The van der Waals surface area contributed by atoms with E-state index in [0.717, 1.165) is 39.7 Å². The van der Waals surface area contributed by atoms with Crippen LogP contribution in [0.5, 0.6) is 0 Å². The zero-order valence-electron chi connectivity index (χ0n) is 16.0. The Labute approximate surface area is 178 Å². The maximum absolute atomic E-state index is 12.7. The SMILES string of the molecule is CC(=O)Nc1ccc(CC(=O)N2CCN(c3nc4c(Cl)cccc4s3)CC2)cc1. The van der Waals surface area contributed by atoms with E-state index in [1.54, 1.807) is 11.3 Å². The molecule has 1 fully saturated rings. The first-order chi connectivity index (χ1) is 14.0. The topological polar surface area (TPSA) is 65.5 Å². The lowest BCUT2D eigenvalue weighted by Crippen LogP contribution is -2.49. The summed E-state index contributed by atoms with van der Waals surface area (Å²) in [5, 5.41) is 4.35. The van der Waals surface area contributed by atoms with Gasteiger partial charge in [-0.25, -0.2) is 4.98 Å². The maximum Gasteiger partial charge on any atom is 0.227 e. The quantitative estimate of drug-likeness (QED) is 0.686. The van der Waals surface area contributed by atoms with Crippen molar-refractivity contribution in [1.29, 1.82) is 0 Å². The summed E-state index contributed by atoms with van der Waals surface area (Å²) in [5.74, 6) is 0.00590. The first-order valence-electron chi connectivity index (χ1n) is 9.44. The van der Waals surface area contributed by atoms with Crippen molar-refractivity contribution in [3.63, 3.8) is 0 Å². The molecule has 0 saturated carbocycles. The second kappa shape index (κ2) is 8.39. The Morgan fingerprint density at radius 2 is 1.83 bits per heavy atom. The Bertz CT molecular complexity index is 1040. The van der Waals surface area contributed by atoms with Gasteiger partial charge in [-0.15, -0.1) is 0 Å². The lowest BCUT2D eigenvalue weighted by Gasteiger charge is -2.34. The van der Waals surface area contributed by atoms with E-state index in [0.29, 0.717) is 24.5 Å². The van der Waals surface area contributed by atoms with Gasteiger partial charge in [-0.05, 0) is 29.8 Å². The number of nitrogens with one attached hydrogen (secondary N) is 1. The molecule has 1 aliphatic heterocycles. The number of nitrogens with zero attached hydrogens (tertiary/aromatic N) is 3. The average molecular weight is 429 g/mol. The number of hydrogen-bond acceptors (Lipinski definition) is 5. The van der Waals surface area contributed by atoms with E-state index in [-0.39, 0.29) is 11.8 Å². The highest BCUT2D eigenvalue weighted by Crippen LogP contribution is 2.33. The van der Waals surface area contributed by atoms with Crippen LogP contribution in [0.3, 0.4) is 0 Å².